The van der Waals surface area contributed by atoms with Gasteiger partial charge in [0.05, 0.1) is 6.61 Å². The first-order chi connectivity index (χ1) is 14.8. The van der Waals surface area contributed by atoms with Crippen LogP contribution in [0.25, 0.3) is 10.8 Å². The minimum atomic E-state index is 0.220. The fourth-order valence-electron chi connectivity index (χ4n) is 4.39. The second-order valence-corrected chi connectivity index (χ2v) is 7.96. The van der Waals surface area contributed by atoms with Gasteiger partial charge in [-0.1, -0.05) is 30.3 Å². The second kappa shape index (κ2) is 10.0. The normalized spacial score (nSPS) is 18.0. The van der Waals surface area contributed by atoms with E-state index in [0.29, 0.717) is 12.6 Å². The van der Waals surface area contributed by atoms with Crippen LogP contribution in [0.15, 0.2) is 60.9 Å². The molecular weight excluding hydrogens is 374 g/mol. The molecule has 1 unspecified atom stereocenters. The van der Waals surface area contributed by atoms with Gasteiger partial charge in [-0.05, 0) is 48.1 Å². The Morgan fingerprint density at radius 2 is 1.93 bits per heavy atom. The summed E-state index contributed by atoms with van der Waals surface area (Å²) in [5.41, 5.74) is 2.63. The standard InChI is InChI=1S/C25H31N3O2/c1-2-30-24-8-6-20(7-9-24)17-28-14-13-27(19-23(28)11-15-29)18-22-5-3-4-21-16-26-12-10-25(21)22/h3-10,12,16,23,29H,2,11,13-15,17-19H2,1H3. The molecule has 0 saturated carbocycles. The molecule has 1 N–H and O–H groups in total. The van der Waals surface area contributed by atoms with Gasteiger partial charge < -0.3 is 9.84 Å². The van der Waals surface area contributed by atoms with E-state index in [-0.39, 0.29) is 6.61 Å². The molecule has 0 radical (unpaired) electrons. The summed E-state index contributed by atoms with van der Waals surface area (Å²) in [7, 11) is 0. The maximum atomic E-state index is 9.65. The molecule has 0 spiro atoms. The summed E-state index contributed by atoms with van der Waals surface area (Å²) in [5.74, 6) is 0.920. The highest BCUT2D eigenvalue weighted by Crippen LogP contribution is 2.23. The van der Waals surface area contributed by atoms with Crippen LogP contribution in [0.4, 0.5) is 0 Å². The highest BCUT2D eigenvalue weighted by Gasteiger charge is 2.27. The highest BCUT2D eigenvalue weighted by atomic mass is 16.5. The van der Waals surface area contributed by atoms with Crippen LogP contribution < -0.4 is 4.74 Å². The Morgan fingerprint density at radius 1 is 1.07 bits per heavy atom. The topological polar surface area (TPSA) is 48.8 Å². The average molecular weight is 406 g/mol. The summed E-state index contributed by atoms with van der Waals surface area (Å²) >= 11 is 0. The molecule has 5 heteroatoms. The number of aliphatic hydroxyl groups is 1. The largest absolute Gasteiger partial charge is 0.494 e. The van der Waals surface area contributed by atoms with Gasteiger partial charge in [-0.25, -0.2) is 0 Å². The minimum Gasteiger partial charge on any atom is -0.494 e. The summed E-state index contributed by atoms with van der Waals surface area (Å²) in [4.78, 5) is 9.27. The summed E-state index contributed by atoms with van der Waals surface area (Å²) < 4.78 is 5.55. The van der Waals surface area contributed by atoms with E-state index in [1.54, 1.807) is 0 Å². The Hall–Kier alpha value is -2.47. The lowest BCUT2D eigenvalue weighted by Gasteiger charge is -2.41. The van der Waals surface area contributed by atoms with Gasteiger partial charge in [0.15, 0.2) is 0 Å². The number of pyridine rings is 1. The fraction of sp³-hybridized carbons (Fsp3) is 0.400. The van der Waals surface area contributed by atoms with Crippen LogP contribution in [0.1, 0.15) is 24.5 Å². The van der Waals surface area contributed by atoms with Crippen LogP contribution in [0.2, 0.25) is 0 Å². The van der Waals surface area contributed by atoms with Crippen LogP contribution in [0.3, 0.4) is 0 Å². The highest BCUT2D eigenvalue weighted by molar-refractivity contribution is 5.84. The van der Waals surface area contributed by atoms with Crippen molar-refractivity contribution in [2.45, 2.75) is 32.5 Å². The Kier molecular flexibility index (Phi) is 6.95. The fourth-order valence-corrected chi connectivity index (χ4v) is 4.39. The van der Waals surface area contributed by atoms with E-state index in [4.69, 9.17) is 4.74 Å². The average Bonchev–Trinajstić information content (AvgIpc) is 2.77. The van der Waals surface area contributed by atoms with E-state index in [1.165, 1.54) is 21.9 Å². The maximum Gasteiger partial charge on any atom is 0.119 e. The number of rotatable bonds is 8. The maximum absolute atomic E-state index is 9.65. The Morgan fingerprint density at radius 3 is 2.73 bits per heavy atom. The lowest BCUT2D eigenvalue weighted by molar-refractivity contribution is 0.0501. The molecule has 3 aromatic rings. The lowest BCUT2D eigenvalue weighted by Crippen LogP contribution is -2.52. The zero-order valence-corrected chi connectivity index (χ0v) is 17.7. The number of benzene rings is 2. The van der Waals surface area contributed by atoms with Crippen molar-refractivity contribution in [1.82, 2.24) is 14.8 Å². The molecule has 1 aromatic heterocycles. The van der Waals surface area contributed by atoms with Gasteiger partial charge in [-0.2, -0.15) is 0 Å². The van der Waals surface area contributed by atoms with E-state index < -0.39 is 0 Å². The molecule has 4 rings (SSSR count). The van der Waals surface area contributed by atoms with E-state index in [9.17, 15) is 5.11 Å². The van der Waals surface area contributed by atoms with E-state index in [0.717, 1.165) is 44.9 Å². The van der Waals surface area contributed by atoms with Crippen molar-refractivity contribution in [2.24, 2.45) is 0 Å². The molecular formula is C25H31N3O2. The van der Waals surface area contributed by atoms with Crippen LogP contribution in [0.5, 0.6) is 5.75 Å². The van der Waals surface area contributed by atoms with E-state index in [2.05, 4.69) is 51.2 Å². The van der Waals surface area contributed by atoms with Gasteiger partial charge in [-0.3, -0.25) is 14.8 Å². The molecule has 1 atom stereocenters. The molecule has 30 heavy (non-hydrogen) atoms. The molecule has 158 valence electrons. The van der Waals surface area contributed by atoms with Crippen LogP contribution in [-0.4, -0.2) is 58.8 Å². The number of aliphatic hydroxyl groups excluding tert-OH is 1. The first kappa shape index (κ1) is 20.8. The summed E-state index contributed by atoms with van der Waals surface area (Å²) in [6.45, 7) is 7.75. The minimum absolute atomic E-state index is 0.220. The zero-order chi connectivity index (χ0) is 20.8. The molecule has 0 amide bonds. The number of hydrogen-bond donors (Lipinski definition) is 1. The lowest BCUT2D eigenvalue weighted by atomic mass is 10.0. The van der Waals surface area contributed by atoms with Crippen molar-refractivity contribution >= 4 is 10.8 Å². The first-order valence-corrected chi connectivity index (χ1v) is 10.9. The molecule has 1 saturated heterocycles. The smallest absolute Gasteiger partial charge is 0.119 e. The van der Waals surface area contributed by atoms with E-state index >= 15 is 0 Å². The van der Waals surface area contributed by atoms with Gasteiger partial charge >= 0.3 is 0 Å². The molecule has 0 aliphatic carbocycles. The molecule has 2 aromatic carbocycles. The molecule has 5 nitrogen and oxygen atoms in total. The van der Waals surface area contributed by atoms with Crippen LogP contribution in [-0.2, 0) is 13.1 Å². The number of nitrogens with zero attached hydrogens (tertiary/aromatic N) is 3. The first-order valence-electron chi connectivity index (χ1n) is 10.9. The van der Waals surface area contributed by atoms with Gasteiger partial charge in [0, 0.05) is 63.2 Å². The molecule has 1 aliphatic heterocycles. The van der Waals surface area contributed by atoms with Gasteiger partial charge in [0.25, 0.3) is 0 Å². The number of hydrogen-bond acceptors (Lipinski definition) is 5. The second-order valence-electron chi connectivity index (χ2n) is 7.96. The van der Waals surface area contributed by atoms with Crippen molar-refractivity contribution < 1.29 is 9.84 Å². The Balaban J connectivity index is 1.42. The molecule has 0 bridgehead atoms. The van der Waals surface area contributed by atoms with Crippen LogP contribution >= 0.6 is 0 Å². The summed E-state index contributed by atoms with van der Waals surface area (Å²) in [6.07, 6.45) is 4.60. The van der Waals surface area contributed by atoms with Crippen LogP contribution in [0, 0.1) is 0 Å². The monoisotopic (exact) mass is 405 g/mol. The Labute approximate surface area is 178 Å². The number of piperazine rings is 1. The molecule has 1 fully saturated rings. The summed E-state index contributed by atoms with van der Waals surface area (Å²) in [6, 6.07) is 17.3. The third kappa shape index (κ3) is 4.98. The van der Waals surface area contributed by atoms with Gasteiger partial charge in [-0.15, -0.1) is 0 Å². The SMILES string of the molecule is CCOc1ccc(CN2CCN(Cc3cccc4cnccc34)CC2CCO)cc1. The van der Waals surface area contributed by atoms with Crippen molar-refractivity contribution in [1.29, 1.82) is 0 Å². The molecule has 1 aliphatic rings. The third-order valence-electron chi connectivity index (χ3n) is 5.94. The van der Waals surface area contributed by atoms with Crippen molar-refractivity contribution in [3.05, 3.63) is 72.1 Å². The predicted octanol–water partition coefficient (Wildman–Crippen LogP) is 3.70. The number of aromatic nitrogens is 1. The zero-order valence-electron chi connectivity index (χ0n) is 17.7. The summed E-state index contributed by atoms with van der Waals surface area (Å²) in [5, 5.41) is 12.1. The quantitative estimate of drug-likeness (QED) is 0.619. The Bertz CT molecular complexity index is 939. The predicted molar refractivity (Wildman–Crippen MR) is 121 cm³/mol. The third-order valence-corrected chi connectivity index (χ3v) is 5.94. The van der Waals surface area contributed by atoms with Crippen molar-refractivity contribution in [3.8, 4) is 5.75 Å². The van der Waals surface area contributed by atoms with Gasteiger partial charge in [0.1, 0.15) is 5.75 Å². The van der Waals surface area contributed by atoms with Crippen molar-refractivity contribution in [2.75, 3.05) is 32.8 Å². The molecule has 2 heterocycles. The number of fused-ring (bicyclic) bond motifs is 1. The number of ether oxygens (including phenoxy) is 1. The van der Waals surface area contributed by atoms with Gasteiger partial charge in [0.2, 0.25) is 0 Å². The van der Waals surface area contributed by atoms with Crippen molar-refractivity contribution in [3.63, 3.8) is 0 Å². The van der Waals surface area contributed by atoms with E-state index in [1.807, 2.05) is 31.5 Å².